The van der Waals surface area contributed by atoms with Gasteiger partial charge < -0.3 is 14.8 Å². The van der Waals surface area contributed by atoms with E-state index >= 15 is 0 Å². The molecule has 94 valence electrons. The van der Waals surface area contributed by atoms with Gasteiger partial charge in [0.15, 0.2) is 5.79 Å². The Hall–Kier alpha value is -0.640. The molecular formula is C14H21NO2. The van der Waals surface area contributed by atoms with E-state index < -0.39 is 0 Å². The first kappa shape index (κ1) is 11.5. The average Bonchev–Trinajstić information content (AvgIpc) is 3.01. The molecule has 0 unspecified atom stereocenters. The Kier molecular flexibility index (Phi) is 3.32. The van der Waals surface area contributed by atoms with Gasteiger partial charge in [-0.25, -0.2) is 0 Å². The van der Waals surface area contributed by atoms with Gasteiger partial charge in [-0.15, -0.1) is 0 Å². The molecule has 2 fully saturated rings. The van der Waals surface area contributed by atoms with Gasteiger partial charge in [0.05, 0.1) is 13.2 Å². The first-order valence-electron chi connectivity index (χ1n) is 6.73. The molecule has 3 rings (SSSR count). The van der Waals surface area contributed by atoms with E-state index in [9.17, 15) is 0 Å². The normalized spacial score (nSPS) is 27.9. The second kappa shape index (κ2) is 4.92. The van der Waals surface area contributed by atoms with Crippen LogP contribution >= 0.6 is 0 Å². The minimum absolute atomic E-state index is 0.218. The fourth-order valence-corrected chi connectivity index (χ4v) is 2.95. The molecule has 3 heteroatoms. The number of rotatable bonds is 3. The monoisotopic (exact) mass is 235 g/mol. The second-order valence-electron chi connectivity index (χ2n) is 5.18. The van der Waals surface area contributed by atoms with Crippen molar-refractivity contribution in [3.8, 4) is 0 Å². The third kappa shape index (κ3) is 2.62. The fraction of sp³-hybridized carbons (Fsp3) is 0.714. The summed E-state index contributed by atoms with van der Waals surface area (Å²) in [4.78, 5) is 0. The molecule has 17 heavy (non-hydrogen) atoms. The highest BCUT2D eigenvalue weighted by molar-refractivity contribution is 5.27. The molecule has 3 nitrogen and oxygen atoms in total. The minimum atomic E-state index is -0.218. The highest BCUT2D eigenvalue weighted by atomic mass is 16.7. The van der Waals surface area contributed by atoms with Crippen LogP contribution in [0.4, 0.5) is 0 Å². The second-order valence-corrected chi connectivity index (χ2v) is 5.18. The molecule has 0 aromatic heterocycles. The van der Waals surface area contributed by atoms with E-state index in [-0.39, 0.29) is 5.79 Å². The van der Waals surface area contributed by atoms with Gasteiger partial charge in [-0.1, -0.05) is 18.2 Å². The maximum Gasteiger partial charge on any atom is 0.168 e. The summed E-state index contributed by atoms with van der Waals surface area (Å²) in [5.41, 5.74) is 1.43. The van der Waals surface area contributed by atoms with E-state index in [1.807, 2.05) is 0 Å². The number of nitrogens with one attached hydrogen (secondary N) is 1. The van der Waals surface area contributed by atoms with Crippen LogP contribution in [0.25, 0.3) is 0 Å². The van der Waals surface area contributed by atoms with E-state index in [0.717, 1.165) is 51.9 Å². The van der Waals surface area contributed by atoms with Crippen molar-refractivity contribution in [1.82, 2.24) is 5.32 Å². The summed E-state index contributed by atoms with van der Waals surface area (Å²) < 4.78 is 11.5. The summed E-state index contributed by atoms with van der Waals surface area (Å²) in [6.45, 7) is 2.56. The molecule has 1 saturated carbocycles. The Balaban J connectivity index is 1.43. The van der Waals surface area contributed by atoms with Gasteiger partial charge in [-0.2, -0.15) is 0 Å². The van der Waals surface area contributed by atoms with Crippen molar-refractivity contribution >= 4 is 0 Å². The molecule has 0 aromatic carbocycles. The first-order chi connectivity index (χ1) is 8.36. The van der Waals surface area contributed by atoms with Crippen molar-refractivity contribution in [3.63, 3.8) is 0 Å². The smallest absolute Gasteiger partial charge is 0.168 e. The van der Waals surface area contributed by atoms with Crippen molar-refractivity contribution in [2.24, 2.45) is 0 Å². The van der Waals surface area contributed by atoms with Crippen molar-refractivity contribution < 1.29 is 9.47 Å². The molecule has 1 aliphatic heterocycles. The molecule has 1 spiro atoms. The minimum Gasteiger partial charge on any atom is -0.348 e. The summed E-state index contributed by atoms with van der Waals surface area (Å²) in [6.07, 6.45) is 12.2. The van der Waals surface area contributed by atoms with Gasteiger partial charge in [0, 0.05) is 25.4 Å². The van der Waals surface area contributed by atoms with Gasteiger partial charge >= 0.3 is 0 Å². The molecule has 0 aromatic rings. The van der Waals surface area contributed by atoms with E-state index in [2.05, 4.69) is 23.5 Å². The maximum absolute atomic E-state index is 5.74. The maximum atomic E-state index is 5.74. The highest BCUT2D eigenvalue weighted by Crippen LogP contribution is 2.35. The predicted octanol–water partition coefficient (Wildman–Crippen LogP) is 2.15. The Labute approximate surface area is 103 Å². The van der Waals surface area contributed by atoms with E-state index in [1.165, 1.54) is 5.57 Å². The molecule has 3 aliphatic rings. The van der Waals surface area contributed by atoms with Crippen LogP contribution in [0.15, 0.2) is 23.8 Å². The average molecular weight is 235 g/mol. The predicted molar refractivity (Wildman–Crippen MR) is 66.7 cm³/mol. The summed E-state index contributed by atoms with van der Waals surface area (Å²) >= 11 is 0. The van der Waals surface area contributed by atoms with Crippen LogP contribution in [0, 0.1) is 0 Å². The van der Waals surface area contributed by atoms with Crippen LogP contribution in [-0.4, -0.2) is 31.6 Å². The van der Waals surface area contributed by atoms with Gasteiger partial charge in [-0.05, 0) is 24.8 Å². The zero-order valence-corrected chi connectivity index (χ0v) is 10.3. The molecule has 2 aliphatic carbocycles. The lowest BCUT2D eigenvalue weighted by Gasteiger charge is -2.35. The zero-order chi connectivity index (χ0) is 11.6. The SMILES string of the molecule is C1=CC(CNC2CCC3(CC2)OCCO3)=CC1. The standard InChI is InChI=1S/C14H21NO2/c1-2-4-12(3-1)11-15-13-5-7-14(8-6-13)16-9-10-17-14/h1,3-4,13,15H,2,5-11H2. The molecule has 1 heterocycles. The van der Waals surface area contributed by atoms with Crippen molar-refractivity contribution in [1.29, 1.82) is 0 Å². The molecule has 0 bridgehead atoms. The number of hydrogen-bond donors (Lipinski definition) is 1. The van der Waals surface area contributed by atoms with Crippen LogP contribution in [0.3, 0.4) is 0 Å². The van der Waals surface area contributed by atoms with Crippen LogP contribution in [0.2, 0.25) is 0 Å². The number of ether oxygens (including phenoxy) is 2. The number of hydrogen-bond acceptors (Lipinski definition) is 3. The van der Waals surface area contributed by atoms with Gasteiger partial charge in [0.2, 0.25) is 0 Å². The lowest BCUT2D eigenvalue weighted by Crippen LogP contribution is -2.42. The lowest BCUT2D eigenvalue weighted by molar-refractivity contribution is -0.179. The van der Waals surface area contributed by atoms with Crippen LogP contribution in [0.5, 0.6) is 0 Å². The lowest BCUT2D eigenvalue weighted by atomic mass is 9.90. The Morgan fingerprint density at radius 2 is 2.00 bits per heavy atom. The topological polar surface area (TPSA) is 30.5 Å². The molecule has 0 atom stereocenters. The van der Waals surface area contributed by atoms with Gasteiger partial charge in [-0.3, -0.25) is 0 Å². The van der Waals surface area contributed by atoms with Crippen LogP contribution < -0.4 is 5.32 Å². The molecule has 0 radical (unpaired) electrons. The number of allylic oxidation sites excluding steroid dienone is 2. The Morgan fingerprint density at radius 3 is 2.65 bits per heavy atom. The van der Waals surface area contributed by atoms with Crippen molar-refractivity contribution in [3.05, 3.63) is 23.8 Å². The third-order valence-electron chi connectivity index (χ3n) is 4.00. The van der Waals surface area contributed by atoms with E-state index in [0.29, 0.717) is 6.04 Å². The molecule has 1 saturated heterocycles. The van der Waals surface area contributed by atoms with Crippen LogP contribution in [-0.2, 0) is 9.47 Å². The molecule has 0 amide bonds. The van der Waals surface area contributed by atoms with Crippen molar-refractivity contribution in [2.75, 3.05) is 19.8 Å². The van der Waals surface area contributed by atoms with Crippen molar-refractivity contribution in [2.45, 2.75) is 43.9 Å². The highest BCUT2D eigenvalue weighted by Gasteiger charge is 2.40. The fourth-order valence-electron chi connectivity index (χ4n) is 2.95. The van der Waals surface area contributed by atoms with Crippen LogP contribution in [0.1, 0.15) is 32.1 Å². The molecular weight excluding hydrogens is 214 g/mol. The third-order valence-corrected chi connectivity index (χ3v) is 4.00. The summed E-state index contributed by atoms with van der Waals surface area (Å²) in [5, 5.41) is 3.64. The quantitative estimate of drug-likeness (QED) is 0.813. The largest absolute Gasteiger partial charge is 0.348 e. The zero-order valence-electron chi connectivity index (χ0n) is 10.3. The van der Waals surface area contributed by atoms with E-state index in [4.69, 9.17) is 9.47 Å². The summed E-state index contributed by atoms with van der Waals surface area (Å²) in [7, 11) is 0. The first-order valence-corrected chi connectivity index (χ1v) is 6.73. The molecule has 1 N–H and O–H groups in total. The summed E-state index contributed by atoms with van der Waals surface area (Å²) in [6, 6.07) is 0.628. The summed E-state index contributed by atoms with van der Waals surface area (Å²) in [5.74, 6) is -0.218. The van der Waals surface area contributed by atoms with Gasteiger partial charge in [0.1, 0.15) is 0 Å². The van der Waals surface area contributed by atoms with E-state index in [1.54, 1.807) is 0 Å². The Bertz CT molecular complexity index is 319. The van der Waals surface area contributed by atoms with Gasteiger partial charge in [0.25, 0.3) is 0 Å². The Morgan fingerprint density at radius 1 is 1.24 bits per heavy atom.